The van der Waals surface area contributed by atoms with E-state index >= 15 is 0 Å². The van der Waals surface area contributed by atoms with Crippen LogP contribution in [0.25, 0.3) is 10.6 Å². The number of carbonyl (C=O) groups excluding carboxylic acids is 1. The van der Waals surface area contributed by atoms with Crippen LogP contribution in [0.5, 0.6) is 0 Å². The molecule has 0 aliphatic carbocycles. The molecule has 0 unspecified atom stereocenters. The largest absolute Gasteiger partial charge is 0.346 e. The Kier molecular flexibility index (Phi) is 4.48. The number of thiazole rings is 1. The molecular weight excluding hydrogens is 306 g/mol. The summed E-state index contributed by atoms with van der Waals surface area (Å²) in [5.74, 6) is -0.106. The molecule has 0 aliphatic heterocycles. The van der Waals surface area contributed by atoms with E-state index in [1.807, 2.05) is 62.4 Å². The number of hydrogen-bond donors (Lipinski definition) is 1. The first kappa shape index (κ1) is 15.4. The molecule has 1 N–H and O–H groups in total. The van der Waals surface area contributed by atoms with Gasteiger partial charge in [0.1, 0.15) is 9.88 Å². The molecule has 4 nitrogen and oxygen atoms in total. The van der Waals surface area contributed by atoms with E-state index in [1.165, 1.54) is 11.3 Å². The first-order valence-electron chi connectivity index (χ1n) is 7.37. The lowest BCUT2D eigenvalue weighted by Crippen LogP contribution is -2.23. The zero-order valence-electron chi connectivity index (χ0n) is 13.0. The maximum Gasteiger partial charge on any atom is 0.263 e. The number of nitrogens with zero attached hydrogens (tertiary/aromatic N) is 2. The third-order valence-corrected chi connectivity index (χ3v) is 4.60. The van der Waals surface area contributed by atoms with Crippen LogP contribution in [0.1, 0.15) is 26.8 Å². The van der Waals surface area contributed by atoms with E-state index in [0.717, 1.165) is 27.7 Å². The Hall–Kier alpha value is -2.53. The molecule has 0 spiro atoms. The Balaban J connectivity index is 1.74. The van der Waals surface area contributed by atoms with Gasteiger partial charge in [0.05, 0.1) is 17.9 Å². The molecule has 0 saturated carbocycles. The van der Waals surface area contributed by atoms with Gasteiger partial charge in [-0.05, 0) is 26.0 Å². The number of amides is 1. The zero-order valence-corrected chi connectivity index (χ0v) is 13.9. The number of pyridine rings is 1. The van der Waals surface area contributed by atoms with E-state index in [-0.39, 0.29) is 5.91 Å². The minimum atomic E-state index is -0.106. The predicted octanol–water partition coefficient (Wildman–Crippen LogP) is 3.75. The van der Waals surface area contributed by atoms with Crippen LogP contribution in [-0.4, -0.2) is 15.9 Å². The lowest BCUT2D eigenvalue weighted by atomic mass is 10.2. The fourth-order valence-corrected chi connectivity index (χ4v) is 3.25. The van der Waals surface area contributed by atoms with Crippen molar-refractivity contribution in [3.63, 3.8) is 0 Å². The number of nitrogens with one attached hydrogen (secondary N) is 1. The highest BCUT2D eigenvalue weighted by Gasteiger charge is 2.16. The molecule has 23 heavy (non-hydrogen) atoms. The van der Waals surface area contributed by atoms with Gasteiger partial charge in [-0.2, -0.15) is 0 Å². The molecule has 1 aromatic carbocycles. The molecule has 0 radical (unpaired) electrons. The Morgan fingerprint density at radius 1 is 1.04 bits per heavy atom. The van der Waals surface area contributed by atoms with Crippen molar-refractivity contribution in [3.8, 4) is 10.6 Å². The number of carbonyl (C=O) groups is 1. The van der Waals surface area contributed by atoms with Gasteiger partial charge in [0, 0.05) is 11.3 Å². The summed E-state index contributed by atoms with van der Waals surface area (Å²) in [5.41, 5.74) is 3.57. The van der Waals surface area contributed by atoms with Crippen LogP contribution in [0.3, 0.4) is 0 Å². The van der Waals surface area contributed by atoms with E-state index in [0.29, 0.717) is 11.4 Å². The van der Waals surface area contributed by atoms with Gasteiger partial charge in [0.15, 0.2) is 0 Å². The number of hydrogen-bond acceptors (Lipinski definition) is 4. The molecular formula is C18H17N3OS. The fourth-order valence-electron chi connectivity index (χ4n) is 2.26. The molecule has 5 heteroatoms. The van der Waals surface area contributed by atoms with Gasteiger partial charge in [0.25, 0.3) is 5.91 Å². The van der Waals surface area contributed by atoms with Crippen LogP contribution >= 0.6 is 11.3 Å². The van der Waals surface area contributed by atoms with Crippen molar-refractivity contribution in [2.24, 2.45) is 0 Å². The number of aromatic nitrogens is 2. The van der Waals surface area contributed by atoms with Crippen molar-refractivity contribution in [1.82, 2.24) is 15.3 Å². The second-order valence-corrected chi connectivity index (χ2v) is 6.25. The van der Waals surface area contributed by atoms with Crippen LogP contribution in [0.4, 0.5) is 0 Å². The quantitative estimate of drug-likeness (QED) is 0.795. The highest BCUT2D eigenvalue weighted by molar-refractivity contribution is 7.17. The molecule has 0 atom stereocenters. The summed E-state index contributed by atoms with van der Waals surface area (Å²) in [7, 11) is 0. The van der Waals surface area contributed by atoms with Crippen molar-refractivity contribution in [3.05, 3.63) is 70.5 Å². The van der Waals surface area contributed by atoms with Crippen molar-refractivity contribution in [2.75, 3.05) is 0 Å². The molecule has 0 aliphatic rings. The second-order valence-electron chi connectivity index (χ2n) is 5.25. The molecule has 0 saturated heterocycles. The van der Waals surface area contributed by atoms with E-state index < -0.39 is 0 Å². The minimum absolute atomic E-state index is 0.106. The van der Waals surface area contributed by atoms with Gasteiger partial charge in [0.2, 0.25) is 0 Å². The number of aryl methyl sites for hydroxylation is 2. The summed E-state index contributed by atoms with van der Waals surface area (Å²) in [6.45, 7) is 4.21. The normalized spacial score (nSPS) is 10.5. The van der Waals surface area contributed by atoms with Crippen LogP contribution in [0.2, 0.25) is 0 Å². The van der Waals surface area contributed by atoms with Gasteiger partial charge in [-0.1, -0.05) is 36.4 Å². The number of benzene rings is 1. The van der Waals surface area contributed by atoms with Gasteiger partial charge >= 0.3 is 0 Å². The predicted molar refractivity (Wildman–Crippen MR) is 92.4 cm³/mol. The van der Waals surface area contributed by atoms with Crippen LogP contribution in [0.15, 0.2) is 48.5 Å². The first-order valence-corrected chi connectivity index (χ1v) is 8.19. The summed E-state index contributed by atoms with van der Waals surface area (Å²) in [4.78, 5) is 21.9. The maximum atomic E-state index is 12.4. The van der Waals surface area contributed by atoms with Crippen LogP contribution in [0, 0.1) is 13.8 Å². The van der Waals surface area contributed by atoms with Gasteiger partial charge in [-0.15, -0.1) is 11.3 Å². The minimum Gasteiger partial charge on any atom is -0.346 e. The molecule has 116 valence electrons. The average molecular weight is 323 g/mol. The molecule has 3 rings (SSSR count). The van der Waals surface area contributed by atoms with Crippen molar-refractivity contribution in [2.45, 2.75) is 20.4 Å². The van der Waals surface area contributed by atoms with Gasteiger partial charge < -0.3 is 5.32 Å². The Bertz CT molecular complexity index is 827. The molecule has 2 heterocycles. The SMILES string of the molecule is Cc1cccc(CNC(=O)c2sc(-c3ccccc3)nc2C)n1. The van der Waals surface area contributed by atoms with Crippen LogP contribution < -0.4 is 5.32 Å². The second kappa shape index (κ2) is 6.71. The van der Waals surface area contributed by atoms with Crippen LogP contribution in [-0.2, 0) is 6.54 Å². The standard InChI is InChI=1S/C18H17N3OS/c1-12-7-6-10-15(20-12)11-19-17(22)16-13(2)21-18(23-16)14-8-4-3-5-9-14/h3-10H,11H2,1-2H3,(H,19,22). The zero-order chi connectivity index (χ0) is 16.2. The van der Waals surface area contributed by atoms with Gasteiger partial charge in [-0.25, -0.2) is 4.98 Å². The highest BCUT2D eigenvalue weighted by Crippen LogP contribution is 2.27. The summed E-state index contributed by atoms with van der Waals surface area (Å²) in [6, 6.07) is 15.7. The molecule has 2 aromatic heterocycles. The summed E-state index contributed by atoms with van der Waals surface area (Å²) in [5, 5.41) is 3.78. The smallest absolute Gasteiger partial charge is 0.263 e. The van der Waals surface area contributed by atoms with E-state index in [1.54, 1.807) is 0 Å². The Labute approximate surface area is 139 Å². The summed E-state index contributed by atoms with van der Waals surface area (Å²) >= 11 is 1.42. The Morgan fingerprint density at radius 3 is 2.57 bits per heavy atom. The lowest BCUT2D eigenvalue weighted by Gasteiger charge is -2.04. The Morgan fingerprint density at radius 2 is 1.83 bits per heavy atom. The molecule has 0 fully saturated rings. The van der Waals surface area contributed by atoms with Crippen molar-refractivity contribution < 1.29 is 4.79 Å². The average Bonchev–Trinajstić information content (AvgIpc) is 2.95. The first-order chi connectivity index (χ1) is 11.1. The summed E-state index contributed by atoms with van der Waals surface area (Å²) < 4.78 is 0. The molecule has 3 aromatic rings. The van der Waals surface area contributed by atoms with Gasteiger partial charge in [-0.3, -0.25) is 9.78 Å². The molecule has 0 bridgehead atoms. The van der Waals surface area contributed by atoms with E-state index in [9.17, 15) is 4.79 Å². The topological polar surface area (TPSA) is 54.9 Å². The lowest BCUT2D eigenvalue weighted by molar-refractivity contribution is 0.0953. The molecule has 1 amide bonds. The van der Waals surface area contributed by atoms with E-state index in [2.05, 4.69) is 15.3 Å². The van der Waals surface area contributed by atoms with Crippen molar-refractivity contribution >= 4 is 17.2 Å². The highest BCUT2D eigenvalue weighted by atomic mass is 32.1. The third kappa shape index (κ3) is 3.63. The van der Waals surface area contributed by atoms with E-state index in [4.69, 9.17) is 0 Å². The third-order valence-electron chi connectivity index (χ3n) is 3.40. The monoisotopic (exact) mass is 323 g/mol. The summed E-state index contributed by atoms with van der Waals surface area (Å²) in [6.07, 6.45) is 0. The maximum absolute atomic E-state index is 12.4. The van der Waals surface area contributed by atoms with Crippen molar-refractivity contribution in [1.29, 1.82) is 0 Å². The number of rotatable bonds is 4. The fraction of sp³-hybridized carbons (Fsp3) is 0.167.